The van der Waals surface area contributed by atoms with E-state index in [0.717, 1.165) is 10.0 Å². The van der Waals surface area contributed by atoms with Crippen LogP contribution in [0.2, 0.25) is 0 Å². The number of halogens is 1. The molecule has 0 aliphatic heterocycles. The van der Waals surface area contributed by atoms with Gasteiger partial charge in [0, 0.05) is 10.2 Å². The molecule has 2 rings (SSSR count). The summed E-state index contributed by atoms with van der Waals surface area (Å²) >= 11 is 3.32. The first-order valence-corrected chi connectivity index (χ1v) is 6.91. The number of hydrogen-bond acceptors (Lipinski definition) is 3. The van der Waals surface area contributed by atoms with E-state index in [9.17, 15) is 9.90 Å². The van der Waals surface area contributed by atoms with E-state index in [2.05, 4.69) is 21.2 Å². The van der Waals surface area contributed by atoms with Gasteiger partial charge < -0.3 is 16.2 Å². The summed E-state index contributed by atoms with van der Waals surface area (Å²) in [5.41, 5.74) is 7.48. The summed E-state index contributed by atoms with van der Waals surface area (Å²) in [5.74, 6) is -0.0785. The minimum absolute atomic E-state index is 0.172. The molecule has 5 heteroatoms. The number of benzene rings is 2. The number of nitrogen functional groups attached to an aromatic ring is 1. The minimum atomic E-state index is -0.250. The highest BCUT2D eigenvalue weighted by Gasteiger charge is 2.14. The molecule has 0 heterocycles. The fraction of sp³-hybridized carbons (Fsp3) is 0.133. The zero-order chi connectivity index (χ0) is 14.7. The number of phenols is 1. The molecule has 2 aromatic rings. The first-order valence-electron chi connectivity index (χ1n) is 6.12. The zero-order valence-corrected chi connectivity index (χ0v) is 12.5. The molecule has 0 saturated carbocycles. The van der Waals surface area contributed by atoms with Crippen LogP contribution in [0, 0.1) is 0 Å². The summed E-state index contributed by atoms with van der Waals surface area (Å²) < 4.78 is 0.793. The Labute approximate surface area is 125 Å². The lowest BCUT2D eigenvalue weighted by atomic mass is 10.1. The average molecular weight is 335 g/mol. The van der Waals surface area contributed by atoms with E-state index in [1.165, 1.54) is 0 Å². The smallest absolute Gasteiger partial charge is 0.253 e. The number of hydrogen-bond donors (Lipinski definition) is 3. The second-order valence-corrected chi connectivity index (χ2v) is 5.44. The molecular weight excluding hydrogens is 320 g/mol. The van der Waals surface area contributed by atoms with Gasteiger partial charge in [-0.3, -0.25) is 4.79 Å². The van der Waals surface area contributed by atoms with Crippen molar-refractivity contribution in [2.24, 2.45) is 0 Å². The van der Waals surface area contributed by atoms with Gasteiger partial charge in [-0.05, 0) is 42.8 Å². The molecule has 0 saturated heterocycles. The van der Waals surface area contributed by atoms with E-state index in [-0.39, 0.29) is 17.7 Å². The number of carbonyl (C=O) groups excluding carboxylic acids is 1. The second kappa shape index (κ2) is 5.96. The molecule has 0 aromatic heterocycles. The van der Waals surface area contributed by atoms with Crippen molar-refractivity contribution in [1.82, 2.24) is 5.32 Å². The SMILES string of the molecule is CC(NC(=O)c1cc(Br)ccc1N)c1cccc(O)c1. The number of rotatable bonds is 3. The second-order valence-electron chi connectivity index (χ2n) is 4.52. The highest BCUT2D eigenvalue weighted by Crippen LogP contribution is 2.21. The fourth-order valence-electron chi connectivity index (χ4n) is 1.88. The predicted molar refractivity (Wildman–Crippen MR) is 82.5 cm³/mol. The van der Waals surface area contributed by atoms with Gasteiger partial charge in [0.2, 0.25) is 0 Å². The quantitative estimate of drug-likeness (QED) is 0.754. The normalized spacial score (nSPS) is 11.9. The van der Waals surface area contributed by atoms with E-state index in [1.54, 1.807) is 36.4 Å². The number of nitrogens with two attached hydrogens (primary N) is 1. The Morgan fingerprint density at radius 2 is 2.05 bits per heavy atom. The number of amides is 1. The third-order valence-electron chi connectivity index (χ3n) is 2.98. The Morgan fingerprint density at radius 1 is 1.30 bits per heavy atom. The van der Waals surface area contributed by atoms with Crippen LogP contribution in [0.5, 0.6) is 5.75 Å². The van der Waals surface area contributed by atoms with E-state index < -0.39 is 0 Å². The van der Waals surface area contributed by atoms with Gasteiger partial charge in [0.15, 0.2) is 0 Å². The van der Waals surface area contributed by atoms with E-state index in [4.69, 9.17) is 5.73 Å². The number of nitrogens with one attached hydrogen (secondary N) is 1. The topological polar surface area (TPSA) is 75.4 Å². The molecule has 1 atom stereocenters. The Bertz CT molecular complexity index is 644. The molecule has 0 radical (unpaired) electrons. The Morgan fingerprint density at radius 3 is 2.75 bits per heavy atom. The highest BCUT2D eigenvalue weighted by atomic mass is 79.9. The van der Waals surface area contributed by atoms with E-state index >= 15 is 0 Å². The fourth-order valence-corrected chi connectivity index (χ4v) is 2.24. The summed E-state index contributed by atoms with van der Waals surface area (Å²) in [6.07, 6.45) is 0. The van der Waals surface area contributed by atoms with E-state index in [0.29, 0.717) is 11.3 Å². The molecule has 0 fully saturated rings. The number of carbonyl (C=O) groups is 1. The van der Waals surface area contributed by atoms with Crippen LogP contribution in [0.1, 0.15) is 28.9 Å². The molecule has 1 amide bonds. The maximum Gasteiger partial charge on any atom is 0.253 e. The van der Waals surface area contributed by atoms with Crippen molar-refractivity contribution in [2.75, 3.05) is 5.73 Å². The molecule has 0 bridgehead atoms. The molecule has 0 aliphatic rings. The van der Waals surface area contributed by atoms with Crippen molar-refractivity contribution in [3.05, 3.63) is 58.1 Å². The Kier molecular flexibility index (Phi) is 4.29. The predicted octanol–water partition coefficient (Wildman–Crippen LogP) is 3.23. The molecule has 0 spiro atoms. The number of anilines is 1. The summed E-state index contributed by atoms with van der Waals surface area (Å²) in [6, 6.07) is 11.7. The largest absolute Gasteiger partial charge is 0.508 e. The first-order chi connectivity index (χ1) is 9.47. The van der Waals surface area contributed by atoms with Gasteiger partial charge >= 0.3 is 0 Å². The van der Waals surface area contributed by atoms with Crippen LogP contribution in [0.3, 0.4) is 0 Å². The van der Waals surface area contributed by atoms with Gasteiger partial charge in [-0.15, -0.1) is 0 Å². The van der Waals surface area contributed by atoms with Crippen molar-refractivity contribution in [3.63, 3.8) is 0 Å². The summed E-state index contributed by atoms with van der Waals surface area (Å²) in [4.78, 5) is 12.2. The summed E-state index contributed by atoms with van der Waals surface area (Å²) in [6.45, 7) is 1.85. The van der Waals surface area contributed by atoms with Crippen LogP contribution in [-0.4, -0.2) is 11.0 Å². The van der Waals surface area contributed by atoms with Crippen molar-refractivity contribution >= 4 is 27.5 Å². The maximum atomic E-state index is 12.2. The van der Waals surface area contributed by atoms with Crippen molar-refractivity contribution < 1.29 is 9.90 Å². The lowest BCUT2D eigenvalue weighted by Gasteiger charge is -2.15. The van der Waals surface area contributed by atoms with Crippen LogP contribution >= 0.6 is 15.9 Å². The molecule has 1 unspecified atom stereocenters. The van der Waals surface area contributed by atoms with Crippen LogP contribution in [-0.2, 0) is 0 Å². The Balaban J connectivity index is 2.17. The zero-order valence-electron chi connectivity index (χ0n) is 10.9. The van der Waals surface area contributed by atoms with Crippen molar-refractivity contribution in [2.45, 2.75) is 13.0 Å². The molecule has 4 N–H and O–H groups in total. The summed E-state index contributed by atoms with van der Waals surface area (Å²) in [7, 11) is 0. The molecular formula is C15H15BrN2O2. The van der Waals surface area contributed by atoms with Gasteiger partial charge in [0.25, 0.3) is 5.91 Å². The third kappa shape index (κ3) is 3.30. The molecule has 0 aliphatic carbocycles. The van der Waals surface area contributed by atoms with E-state index in [1.807, 2.05) is 13.0 Å². The van der Waals surface area contributed by atoms with Gasteiger partial charge in [-0.2, -0.15) is 0 Å². The van der Waals surface area contributed by atoms with Crippen LogP contribution in [0.4, 0.5) is 5.69 Å². The van der Waals surface area contributed by atoms with Crippen LogP contribution in [0.15, 0.2) is 46.9 Å². The lowest BCUT2D eigenvalue weighted by Crippen LogP contribution is -2.27. The van der Waals surface area contributed by atoms with Gasteiger partial charge in [0.1, 0.15) is 5.75 Å². The lowest BCUT2D eigenvalue weighted by molar-refractivity contribution is 0.0940. The van der Waals surface area contributed by atoms with Crippen LogP contribution < -0.4 is 11.1 Å². The van der Waals surface area contributed by atoms with Crippen molar-refractivity contribution in [1.29, 1.82) is 0 Å². The molecule has 104 valence electrons. The average Bonchev–Trinajstić information content (AvgIpc) is 2.41. The highest BCUT2D eigenvalue weighted by molar-refractivity contribution is 9.10. The first kappa shape index (κ1) is 14.4. The van der Waals surface area contributed by atoms with Gasteiger partial charge in [-0.25, -0.2) is 0 Å². The van der Waals surface area contributed by atoms with Gasteiger partial charge in [0.05, 0.1) is 11.6 Å². The number of phenolic OH excluding ortho intramolecular Hbond substituents is 1. The third-order valence-corrected chi connectivity index (χ3v) is 3.47. The monoisotopic (exact) mass is 334 g/mol. The Hall–Kier alpha value is -2.01. The molecule has 4 nitrogen and oxygen atoms in total. The maximum absolute atomic E-state index is 12.2. The van der Waals surface area contributed by atoms with Crippen molar-refractivity contribution in [3.8, 4) is 5.75 Å². The van der Waals surface area contributed by atoms with Gasteiger partial charge in [-0.1, -0.05) is 28.1 Å². The minimum Gasteiger partial charge on any atom is -0.508 e. The summed E-state index contributed by atoms with van der Waals surface area (Å²) in [5, 5.41) is 12.3. The molecule has 20 heavy (non-hydrogen) atoms. The number of aromatic hydroxyl groups is 1. The van der Waals surface area contributed by atoms with Crippen LogP contribution in [0.25, 0.3) is 0 Å². The molecule has 2 aromatic carbocycles. The standard InChI is InChI=1S/C15H15BrN2O2/c1-9(10-3-2-4-12(19)7-10)18-15(20)13-8-11(16)5-6-14(13)17/h2-9,19H,17H2,1H3,(H,18,20).